The average Bonchev–Trinajstić information content (AvgIpc) is 3.13. The molecule has 0 radical (unpaired) electrons. The standard InChI is InChI=1S/C21H31N3O2/c1-2-26-21(25)23-12-10-22(11-13-23)19-8-5-9-24(16-19)20-14-17-6-3-4-7-18(17)15-20/h3-4,6-7,19-20H,2,5,8-16H2,1H3. The summed E-state index contributed by atoms with van der Waals surface area (Å²) in [6.45, 7) is 8.28. The molecule has 1 unspecified atom stereocenters. The molecule has 26 heavy (non-hydrogen) atoms. The Labute approximate surface area is 156 Å². The van der Waals surface area contributed by atoms with E-state index in [9.17, 15) is 4.79 Å². The van der Waals surface area contributed by atoms with Crippen LogP contribution in [0.2, 0.25) is 0 Å². The summed E-state index contributed by atoms with van der Waals surface area (Å²) in [5.41, 5.74) is 3.09. The Kier molecular flexibility index (Phi) is 5.46. The summed E-state index contributed by atoms with van der Waals surface area (Å²) in [7, 11) is 0. The van der Waals surface area contributed by atoms with Gasteiger partial charge in [-0.3, -0.25) is 9.80 Å². The van der Waals surface area contributed by atoms with E-state index in [1.165, 1.54) is 38.8 Å². The van der Waals surface area contributed by atoms with Crippen molar-refractivity contribution in [3.63, 3.8) is 0 Å². The van der Waals surface area contributed by atoms with E-state index in [1.807, 2.05) is 11.8 Å². The number of rotatable bonds is 3. The van der Waals surface area contributed by atoms with Crippen molar-refractivity contribution >= 4 is 6.09 Å². The lowest BCUT2D eigenvalue weighted by atomic mass is 10.0. The van der Waals surface area contributed by atoms with Gasteiger partial charge in [-0.15, -0.1) is 0 Å². The smallest absolute Gasteiger partial charge is 0.409 e. The van der Waals surface area contributed by atoms with E-state index in [4.69, 9.17) is 4.74 Å². The normalized spacial score (nSPS) is 25.3. The van der Waals surface area contributed by atoms with Gasteiger partial charge in [-0.25, -0.2) is 4.79 Å². The van der Waals surface area contributed by atoms with Crippen LogP contribution in [0.3, 0.4) is 0 Å². The molecule has 0 bridgehead atoms. The number of fused-ring (bicyclic) bond motifs is 1. The summed E-state index contributed by atoms with van der Waals surface area (Å²) >= 11 is 0. The lowest BCUT2D eigenvalue weighted by Gasteiger charge is -2.44. The van der Waals surface area contributed by atoms with Gasteiger partial charge in [-0.05, 0) is 50.3 Å². The zero-order valence-corrected chi connectivity index (χ0v) is 15.9. The van der Waals surface area contributed by atoms with Crippen molar-refractivity contribution in [2.24, 2.45) is 0 Å². The predicted octanol–water partition coefficient (Wildman–Crippen LogP) is 2.39. The molecule has 0 N–H and O–H groups in total. The molecule has 1 amide bonds. The van der Waals surface area contributed by atoms with Crippen LogP contribution < -0.4 is 0 Å². The van der Waals surface area contributed by atoms with Gasteiger partial charge in [0.25, 0.3) is 0 Å². The molecule has 2 fully saturated rings. The zero-order valence-electron chi connectivity index (χ0n) is 15.9. The Hall–Kier alpha value is -1.59. The van der Waals surface area contributed by atoms with Crippen molar-refractivity contribution in [1.82, 2.24) is 14.7 Å². The third kappa shape index (κ3) is 3.74. The molecule has 1 aromatic rings. The molecule has 1 aromatic carbocycles. The van der Waals surface area contributed by atoms with Gasteiger partial charge < -0.3 is 9.64 Å². The third-order valence-corrected chi connectivity index (χ3v) is 6.33. The fourth-order valence-corrected chi connectivity index (χ4v) is 4.89. The van der Waals surface area contributed by atoms with E-state index in [0.29, 0.717) is 18.7 Å². The van der Waals surface area contributed by atoms with Crippen molar-refractivity contribution < 1.29 is 9.53 Å². The average molecular weight is 357 g/mol. The third-order valence-electron chi connectivity index (χ3n) is 6.33. The van der Waals surface area contributed by atoms with Gasteiger partial charge in [-0.2, -0.15) is 0 Å². The largest absolute Gasteiger partial charge is 0.450 e. The van der Waals surface area contributed by atoms with E-state index >= 15 is 0 Å². The second-order valence-electron chi connectivity index (χ2n) is 7.84. The minimum absolute atomic E-state index is 0.152. The monoisotopic (exact) mass is 357 g/mol. The van der Waals surface area contributed by atoms with Crippen LogP contribution in [0, 0.1) is 0 Å². The van der Waals surface area contributed by atoms with Gasteiger partial charge in [-0.1, -0.05) is 24.3 Å². The summed E-state index contributed by atoms with van der Waals surface area (Å²) in [6.07, 6.45) is 4.84. The first-order valence-corrected chi connectivity index (χ1v) is 10.2. The highest BCUT2D eigenvalue weighted by molar-refractivity contribution is 5.67. The van der Waals surface area contributed by atoms with E-state index < -0.39 is 0 Å². The summed E-state index contributed by atoms with van der Waals surface area (Å²) < 4.78 is 5.14. The van der Waals surface area contributed by atoms with Gasteiger partial charge >= 0.3 is 6.09 Å². The highest BCUT2D eigenvalue weighted by Crippen LogP contribution is 2.28. The van der Waals surface area contributed by atoms with Gasteiger partial charge in [0.1, 0.15) is 0 Å². The number of nitrogens with zero attached hydrogens (tertiary/aromatic N) is 3. The molecule has 0 spiro atoms. The number of carbonyl (C=O) groups is 1. The second kappa shape index (κ2) is 7.97. The first kappa shape index (κ1) is 17.8. The van der Waals surface area contributed by atoms with Crippen LogP contribution in [0.5, 0.6) is 0 Å². The Bertz CT molecular complexity index is 602. The summed E-state index contributed by atoms with van der Waals surface area (Å²) in [5.74, 6) is 0. The molecule has 2 heterocycles. The van der Waals surface area contributed by atoms with Crippen molar-refractivity contribution in [3.05, 3.63) is 35.4 Å². The second-order valence-corrected chi connectivity index (χ2v) is 7.84. The molecular weight excluding hydrogens is 326 g/mol. The van der Waals surface area contributed by atoms with Crippen LogP contribution in [0.4, 0.5) is 4.79 Å². The van der Waals surface area contributed by atoms with Crippen molar-refractivity contribution in [3.8, 4) is 0 Å². The molecule has 4 rings (SSSR count). The van der Waals surface area contributed by atoms with Crippen LogP contribution in [0.1, 0.15) is 30.9 Å². The van der Waals surface area contributed by atoms with Crippen molar-refractivity contribution in [1.29, 1.82) is 0 Å². The molecule has 0 aromatic heterocycles. The van der Waals surface area contributed by atoms with Gasteiger partial charge in [0.2, 0.25) is 0 Å². The molecule has 1 atom stereocenters. The molecule has 0 saturated carbocycles. The first-order valence-electron chi connectivity index (χ1n) is 10.2. The lowest BCUT2D eigenvalue weighted by molar-refractivity contribution is 0.0335. The quantitative estimate of drug-likeness (QED) is 0.832. The van der Waals surface area contributed by atoms with Gasteiger partial charge in [0.05, 0.1) is 6.61 Å². The SMILES string of the molecule is CCOC(=O)N1CCN(C2CCCN(C3Cc4ccccc4C3)C2)CC1. The van der Waals surface area contributed by atoms with Crippen LogP contribution in [-0.2, 0) is 17.6 Å². The van der Waals surface area contributed by atoms with E-state index in [0.717, 1.165) is 26.2 Å². The molecule has 5 nitrogen and oxygen atoms in total. The molecule has 5 heteroatoms. The molecule has 2 saturated heterocycles. The Morgan fingerprint density at radius 3 is 2.35 bits per heavy atom. The summed E-state index contributed by atoms with van der Waals surface area (Å²) in [5, 5.41) is 0. The van der Waals surface area contributed by atoms with Crippen molar-refractivity contribution in [2.45, 2.75) is 44.7 Å². The van der Waals surface area contributed by atoms with Crippen LogP contribution in [0.25, 0.3) is 0 Å². The number of hydrogen-bond donors (Lipinski definition) is 0. The fraction of sp³-hybridized carbons (Fsp3) is 0.667. The minimum atomic E-state index is -0.152. The molecule has 3 aliphatic rings. The Morgan fingerprint density at radius 1 is 1.00 bits per heavy atom. The number of hydrogen-bond acceptors (Lipinski definition) is 4. The highest BCUT2D eigenvalue weighted by atomic mass is 16.6. The maximum absolute atomic E-state index is 11.9. The number of benzene rings is 1. The van der Waals surface area contributed by atoms with E-state index in [1.54, 1.807) is 11.1 Å². The van der Waals surface area contributed by atoms with Crippen LogP contribution >= 0.6 is 0 Å². The van der Waals surface area contributed by atoms with Gasteiger partial charge in [0.15, 0.2) is 0 Å². The zero-order chi connectivity index (χ0) is 17.9. The van der Waals surface area contributed by atoms with E-state index in [2.05, 4.69) is 34.1 Å². The minimum Gasteiger partial charge on any atom is -0.450 e. The number of carbonyl (C=O) groups excluding carboxylic acids is 1. The first-order chi connectivity index (χ1) is 12.7. The number of piperazine rings is 1. The molecule has 1 aliphatic carbocycles. The number of ether oxygens (including phenoxy) is 1. The molecule has 2 aliphatic heterocycles. The van der Waals surface area contributed by atoms with Crippen LogP contribution in [0.15, 0.2) is 24.3 Å². The van der Waals surface area contributed by atoms with Crippen LogP contribution in [-0.4, -0.2) is 78.8 Å². The fourth-order valence-electron chi connectivity index (χ4n) is 4.89. The highest BCUT2D eigenvalue weighted by Gasteiger charge is 2.34. The predicted molar refractivity (Wildman–Crippen MR) is 102 cm³/mol. The maximum atomic E-state index is 11.9. The maximum Gasteiger partial charge on any atom is 0.409 e. The van der Waals surface area contributed by atoms with Crippen molar-refractivity contribution in [2.75, 3.05) is 45.9 Å². The number of amides is 1. The topological polar surface area (TPSA) is 36.0 Å². The summed E-state index contributed by atoms with van der Waals surface area (Å²) in [6, 6.07) is 10.2. The van der Waals surface area contributed by atoms with Gasteiger partial charge in [0, 0.05) is 44.8 Å². The molecule has 142 valence electrons. The summed E-state index contributed by atoms with van der Waals surface area (Å²) in [4.78, 5) is 19.1. The molecular formula is C21H31N3O2. The lowest BCUT2D eigenvalue weighted by Crippen LogP contribution is -2.57. The number of piperidine rings is 1. The Balaban J connectivity index is 1.30. The van der Waals surface area contributed by atoms with E-state index in [-0.39, 0.29) is 6.09 Å². The Morgan fingerprint density at radius 2 is 1.69 bits per heavy atom. The number of likely N-dealkylation sites (tertiary alicyclic amines) is 1.